The summed E-state index contributed by atoms with van der Waals surface area (Å²) in [6.45, 7) is 2.09. The summed E-state index contributed by atoms with van der Waals surface area (Å²) in [6.07, 6.45) is 8.38. The Labute approximate surface area is 149 Å². The van der Waals surface area contributed by atoms with E-state index in [-0.39, 0.29) is 12.1 Å². The third-order valence-electron chi connectivity index (χ3n) is 5.54. The molecular formula is C21H27N3O. The molecule has 1 saturated carbocycles. The van der Waals surface area contributed by atoms with Crippen molar-refractivity contribution in [3.05, 3.63) is 41.1 Å². The summed E-state index contributed by atoms with van der Waals surface area (Å²) in [5, 5.41) is 13.9. The highest BCUT2D eigenvalue weighted by Gasteiger charge is 2.26. The van der Waals surface area contributed by atoms with Gasteiger partial charge in [0.25, 0.3) is 0 Å². The lowest BCUT2D eigenvalue weighted by molar-refractivity contribution is 0.116. The van der Waals surface area contributed by atoms with Crippen molar-refractivity contribution in [2.24, 2.45) is 0 Å². The minimum atomic E-state index is -0.272. The van der Waals surface area contributed by atoms with Crippen LogP contribution in [0.15, 0.2) is 24.3 Å². The van der Waals surface area contributed by atoms with Crippen LogP contribution < -0.4 is 5.32 Å². The summed E-state index contributed by atoms with van der Waals surface area (Å²) in [5.74, 6) is 1.75. The van der Waals surface area contributed by atoms with Crippen molar-refractivity contribution in [3.63, 3.8) is 0 Å². The predicted molar refractivity (Wildman–Crippen MR) is 101 cm³/mol. The molecule has 0 saturated heterocycles. The van der Waals surface area contributed by atoms with Gasteiger partial charge in [0.2, 0.25) is 0 Å². The summed E-state index contributed by atoms with van der Waals surface area (Å²) in [4.78, 5) is 9.75. The number of nitrogens with one attached hydrogen (secondary N) is 1. The highest BCUT2D eigenvalue weighted by molar-refractivity contribution is 5.61. The van der Waals surface area contributed by atoms with Crippen molar-refractivity contribution >= 4 is 5.82 Å². The second-order valence-electron chi connectivity index (χ2n) is 7.50. The number of hydrogen-bond donors (Lipinski definition) is 2. The summed E-state index contributed by atoms with van der Waals surface area (Å²) >= 11 is 0. The molecule has 0 aliphatic heterocycles. The van der Waals surface area contributed by atoms with Gasteiger partial charge in [-0.25, -0.2) is 9.97 Å². The number of benzene rings is 1. The van der Waals surface area contributed by atoms with Crippen LogP contribution in [0.4, 0.5) is 5.82 Å². The van der Waals surface area contributed by atoms with Crippen LogP contribution in [-0.2, 0) is 12.8 Å². The molecule has 25 heavy (non-hydrogen) atoms. The van der Waals surface area contributed by atoms with Gasteiger partial charge in [0, 0.05) is 16.8 Å². The normalized spacial score (nSPS) is 23.1. The third-order valence-corrected chi connectivity index (χ3v) is 5.54. The minimum absolute atomic E-state index is 0.112. The maximum Gasteiger partial charge on any atom is 0.161 e. The largest absolute Gasteiger partial charge is 0.391 e. The van der Waals surface area contributed by atoms with Crippen LogP contribution in [0.2, 0.25) is 0 Å². The molecule has 0 radical (unpaired) electrons. The van der Waals surface area contributed by atoms with Gasteiger partial charge in [-0.2, -0.15) is 0 Å². The first-order chi connectivity index (χ1) is 12.2. The Kier molecular flexibility index (Phi) is 4.71. The molecule has 0 unspecified atom stereocenters. The van der Waals surface area contributed by atoms with Gasteiger partial charge in [-0.1, -0.05) is 42.7 Å². The first-order valence-corrected chi connectivity index (χ1v) is 9.62. The summed E-state index contributed by atoms with van der Waals surface area (Å²) in [7, 11) is 0. The van der Waals surface area contributed by atoms with Crippen LogP contribution in [0.1, 0.15) is 55.3 Å². The fraction of sp³-hybridized carbons (Fsp3) is 0.524. The quantitative estimate of drug-likeness (QED) is 0.887. The first-order valence-electron chi connectivity index (χ1n) is 9.62. The first kappa shape index (κ1) is 16.5. The Bertz CT molecular complexity index is 742. The zero-order valence-electron chi connectivity index (χ0n) is 15.0. The van der Waals surface area contributed by atoms with Crippen molar-refractivity contribution in [2.75, 3.05) is 5.32 Å². The number of aliphatic hydroxyl groups excluding tert-OH is 1. The number of aromatic nitrogens is 2. The molecule has 1 fully saturated rings. The Hall–Kier alpha value is -1.94. The van der Waals surface area contributed by atoms with Crippen LogP contribution in [0.5, 0.6) is 0 Å². The van der Waals surface area contributed by atoms with Gasteiger partial charge in [-0.15, -0.1) is 0 Å². The Morgan fingerprint density at radius 3 is 2.52 bits per heavy atom. The molecule has 4 nitrogen and oxygen atoms in total. The lowest BCUT2D eigenvalue weighted by atomic mass is 9.91. The molecule has 0 bridgehead atoms. The molecule has 4 heteroatoms. The smallest absolute Gasteiger partial charge is 0.161 e. The topological polar surface area (TPSA) is 58.0 Å². The number of rotatable bonds is 3. The van der Waals surface area contributed by atoms with E-state index in [1.807, 2.05) is 0 Å². The lowest BCUT2D eigenvalue weighted by Crippen LogP contribution is -2.37. The van der Waals surface area contributed by atoms with Gasteiger partial charge in [-0.3, -0.25) is 0 Å². The van der Waals surface area contributed by atoms with Crippen molar-refractivity contribution in [1.82, 2.24) is 9.97 Å². The second-order valence-corrected chi connectivity index (χ2v) is 7.50. The third kappa shape index (κ3) is 3.54. The average molecular weight is 337 g/mol. The molecular weight excluding hydrogens is 310 g/mol. The van der Waals surface area contributed by atoms with E-state index < -0.39 is 0 Å². The monoisotopic (exact) mass is 337 g/mol. The molecule has 2 atom stereocenters. The van der Waals surface area contributed by atoms with E-state index in [1.165, 1.54) is 36.1 Å². The Morgan fingerprint density at radius 1 is 0.960 bits per heavy atom. The molecule has 1 aromatic carbocycles. The van der Waals surface area contributed by atoms with E-state index in [1.54, 1.807) is 0 Å². The summed E-state index contributed by atoms with van der Waals surface area (Å²) in [5.41, 5.74) is 4.75. The van der Waals surface area contributed by atoms with E-state index in [0.717, 1.165) is 49.3 Å². The molecule has 4 rings (SSSR count). The molecule has 0 spiro atoms. The molecule has 2 aliphatic rings. The van der Waals surface area contributed by atoms with Gasteiger partial charge in [0.15, 0.2) is 5.82 Å². The maximum absolute atomic E-state index is 10.3. The molecule has 132 valence electrons. The zero-order valence-corrected chi connectivity index (χ0v) is 15.0. The van der Waals surface area contributed by atoms with Crippen LogP contribution >= 0.6 is 0 Å². The number of aryl methyl sites for hydroxylation is 2. The standard InChI is InChI=1S/C21H27N3O/c1-14-10-12-15(13-11-14)20-22-17-7-3-2-6-16(17)21(24-20)23-18-8-4-5-9-19(18)25/h10-13,18-19,25H,2-9H2,1H3,(H,22,23,24)/t18-,19-/m1/s1. The number of fused-ring (bicyclic) bond motifs is 1. The Morgan fingerprint density at radius 2 is 1.72 bits per heavy atom. The average Bonchev–Trinajstić information content (AvgIpc) is 2.64. The van der Waals surface area contributed by atoms with Crippen molar-refractivity contribution in [3.8, 4) is 11.4 Å². The Balaban J connectivity index is 1.70. The van der Waals surface area contributed by atoms with Gasteiger partial charge in [-0.05, 0) is 45.4 Å². The van der Waals surface area contributed by atoms with Gasteiger partial charge in [0.1, 0.15) is 5.82 Å². The summed E-state index contributed by atoms with van der Waals surface area (Å²) in [6, 6.07) is 8.52. The second kappa shape index (κ2) is 7.12. The zero-order chi connectivity index (χ0) is 17.2. The molecule has 2 aromatic rings. The van der Waals surface area contributed by atoms with Crippen molar-refractivity contribution in [1.29, 1.82) is 0 Å². The van der Waals surface area contributed by atoms with Crippen molar-refractivity contribution < 1.29 is 5.11 Å². The predicted octanol–water partition coefficient (Wildman–Crippen LogP) is 4.05. The van der Waals surface area contributed by atoms with E-state index in [2.05, 4.69) is 36.5 Å². The van der Waals surface area contributed by atoms with Crippen LogP contribution in [0, 0.1) is 6.92 Å². The SMILES string of the molecule is Cc1ccc(-c2nc3c(c(N[C@@H]4CCCC[C@H]4O)n2)CCCC3)cc1. The molecule has 2 aliphatic carbocycles. The highest BCUT2D eigenvalue weighted by atomic mass is 16.3. The van der Waals surface area contributed by atoms with Gasteiger partial charge in [0.05, 0.1) is 12.1 Å². The number of aliphatic hydroxyl groups is 1. The fourth-order valence-electron chi connectivity index (χ4n) is 4.00. The minimum Gasteiger partial charge on any atom is -0.391 e. The van der Waals surface area contributed by atoms with E-state index >= 15 is 0 Å². The molecule has 1 aromatic heterocycles. The van der Waals surface area contributed by atoms with Crippen molar-refractivity contribution in [2.45, 2.75) is 70.4 Å². The molecule has 1 heterocycles. The number of nitrogens with zero attached hydrogens (tertiary/aromatic N) is 2. The molecule has 2 N–H and O–H groups in total. The van der Waals surface area contributed by atoms with Crippen LogP contribution in [-0.4, -0.2) is 27.2 Å². The fourth-order valence-corrected chi connectivity index (χ4v) is 4.00. The number of anilines is 1. The number of hydrogen-bond acceptors (Lipinski definition) is 4. The maximum atomic E-state index is 10.3. The van der Waals surface area contributed by atoms with E-state index in [9.17, 15) is 5.11 Å². The van der Waals surface area contributed by atoms with Crippen LogP contribution in [0.25, 0.3) is 11.4 Å². The summed E-state index contributed by atoms with van der Waals surface area (Å²) < 4.78 is 0. The molecule has 0 amide bonds. The van der Waals surface area contributed by atoms with E-state index in [4.69, 9.17) is 9.97 Å². The van der Waals surface area contributed by atoms with Gasteiger partial charge >= 0.3 is 0 Å². The van der Waals surface area contributed by atoms with Gasteiger partial charge < -0.3 is 10.4 Å². The lowest BCUT2D eigenvalue weighted by Gasteiger charge is -2.30. The van der Waals surface area contributed by atoms with E-state index in [0.29, 0.717) is 0 Å². The highest BCUT2D eigenvalue weighted by Crippen LogP contribution is 2.31. The van der Waals surface area contributed by atoms with Crippen LogP contribution in [0.3, 0.4) is 0 Å².